The highest BCUT2D eigenvalue weighted by Gasteiger charge is 2.25. The molecule has 2 saturated heterocycles. The number of nitrogens with one attached hydrogen (secondary N) is 1. The van der Waals surface area contributed by atoms with Crippen molar-refractivity contribution in [2.24, 2.45) is 4.99 Å². The summed E-state index contributed by atoms with van der Waals surface area (Å²) >= 11 is 0. The van der Waals surface area contributed by atoms with Gasteiger partial charge in [-0.15, -0.1) is 0 Å². The Hall–Kier alpha value is -2.32. The molecule has 1 aromatic carbocycles. The number of ether oxygens (including phenoxy) is 2. The number of amides is 1. The topological polar surface area (TPSA) is 69.6 Å². The second-order valence-electron chi connectivity index (χ2n) is 7.00. The van der Waals surface area contributed by atoms with E-state index in [9.17, 15) is 4.79 Å². The zero-order valence-electron chi connectivity index (χ0n) is 16.8. The van der Waals surface area contributed by atoms with Gasteiger partial charge < -0.3 is 29.5 Å². The molecule has 0 saturated carbocycles. The highest BCUT2D eigenvalue weighted by atomic mass is 16.5. The van der Waals surface area contributed by atoms with Gasteiger partial charge in [0.05, 0.1) is 25.9 Å². The quantitative estimate of drug-likeness (QED) is 0.575. The van der Waals surface area contributed by atoms with Gasteiger partial charge in [0.15, 0.2) is 5.96 Å². The summed E-state index contributed by atoms with van der Waals surface area (Å²) in [4.78, 5) is 23.3. The monoisotopic (exact) mass is 389 g/mol. The van der Waals surface area contributed by atoms with Crippen molar-refractivity contribution < 1.29 is 14.3 Å². The first-order valence-corrected chi connectivity index (χ1v) is 9.85. The molecule has 3 rings (SSSR count). The lowest BCUT2D eigenvalue weighted by Crippen LogP contribution is -2.55. The SMILES string of the molecule is CN=C(NCC(=O)N1CCN(c2ccccc2)CC1)N1CCOC(COC)C1. The number of rotatable bonds is 5. The summed E-state index contributed by atoms with van der Waals surface area (Å²) in [5.74, 6) is 0.844. The summed E-state index contributed by atoms with van der Waals surface area (Å²) in [6.07, 6.45) is 0.0269. The van der Waals surface area contributed by atoms with Gasteiger partial charge in [0.1, 0.15) is 0 Å². The van der Waals surface area contributed by atoms with Gasteiger partial charge in [-0.1, -0.05) is 18.2 Å². The molecule has 8 nitrogen and oxygen atoms in total. The number of hydrogen-bond donors (Lipinski definition) is 1. The van der Waals surface area contributed by atoms with E-state index in [-0.39, 0.29) is 18.6 Å². The van der Waals surface area contributed by atoms with E-state index in [2.05, 4.69) is 32.2 Å². The molecule has 2 aliphatic rings. The number of benzene rings is 1. The van der Waals surface area contributed by atoms with Crippen LogP contribution in [-0.4, -0.2) is 101 Å². The molecule has 1 N–H and O–H groups in total. The Balaban J connectivity index is 1.44. The van der Waals surface area contributed by atoms with Gasteiger partial charge in [-0.2, -0.15) is 0 Å². The fraction of sp³-hybridized carbons (Fsp3) is 0.600. The smallest absolute Gasteiger partial charge is 0.242 e. The standard InChI is InChI=1S/C20H31N5O3/c1-21-20(25-12-13-28-18(15-25)16-27-2)22-14-19(26)24-10-8-23(9-11-24)17-6-4-3-5-7-17/h3-7,18H,8-16H2,1-2H3,(H,21,22). The molecule has 2 aliphatic heterocycles. The average Bonchev–Trinajstić information content (AvgIpc) is 2.75. The number of carbonyl (C=O) groups excluding carboxylic acids is 1. The van der Waals surface area contributed by atoms with Crippen molar-refractivity contribution in [1.29, 1.82) is 0 Å². The highest BCUT2D eigenvalue weighted by Crippen LogP contribution is 2.15. The maximum Gasteiger partial charge on any atom is 0.242 e. The second kappa shape index (κ2) is 10.3. The van der Waals surface area contributed by atoms with Crippen molar-refractivity contribution >= 4 is 17.6 Å². The van der Waals surface area contributed by atoms with Crippen molar-refractivity contribution in [3.05, 3.63) is 30.3 Å². The van der Waals surface area contributed by atoms with Crippen LogP contribution in [0, 0.1) is 0 Å². The molecule has 0 bridgehead atoms. The third-order valence-corrected chi connectivity index (χ3v) is 5.15. The minimum atomic E-state index is 0.0269. The number of guanidine groups is 1. The van der Waals surface area contributed by atoms with E-state index in [1.54, 1.807) is 14.2 Å². The van der Waals surface area contributed by atoms with Crippen LogP contribution in [0.2, 0.25) is 0 Å². The number of aliphatic imine (C=N–C) groups is 1. The number of methoxy groups -OCH3 is 1. The number of anilines is 1. The molecule has 0 radical (unpaired) electrons. The summed E-state index contributed by atoms with van der Waals surface area (Å²) in [5.41, 5.74) is 1.21. The van der Waals surface area contributed by atoms with Gasteiger partial charge in [-0.3, -0.25) is 9.79 Å². The first-order chi connectivity index (χ1) is 13.7. The van der Waals surface area contributed by atoms with Crippen molar-refractivity contribution in [3.8, 4) is 0 Å². The van der Waals surface area contributed by atoms with Crippen LogP contribution in [0.1, 0.15) is 0 Å². The lowest BCUT2D eigenvalue weighted by molar-refractivity contribution is -0.130. The normalized spacial score (nSPS) is 21.0. The lowest BCUT2D eigenvalue weighted by atomic mass is 10.2. The van der Waals surface area contributed by atoms with Crippen LogP contribution < -0.4 is 10.2 Å². The fourth-order valence-electron chi connectivity index (χ4n) is 3.65. The average molecular weight is 390 g/mol. The van der Waals surface area contributed by atoms with Crippen LogP contribution in [0.3, 0.4) is 0 Å². The van der Waals surface area contributed by atoms with Gasteiger partial charge in [0.2, 0.25) is 5.91 Å². The Morgan fingerprint density at radius 3 is 2.61 bits per heavy atom. The maximum absolute atomic E-state index is 12.6. The maximum atomic E-state index is 12.6. The molecular formula is C20H31N5O3. The summed E-state index contributed by atoms with van der Waals surface area (Å²) in [5, 5.41) is 3.22. The van der Waals surface area contributed by atoms with Crippen LogP contribution in [0.15, 0.2) is 35.3 Å². The predicted molar refractivity (Wildman–Crippen MR) is 110 cm³/mol. The van der Waals surface area contributed by atoms with Gasteiger partial charge in [-0.05, 0) is 12.1 Å². The first kappa shape index (κ1) is 20.4. The number of nitrogens with zero attached hydrogens (tertiary/aromatic N) is 4. The molecule has 2 fully saturated rings. The summed E-state index contributed by atoms with van der Waals surface area (Å²) in [6, 6.07) is 10.3. The Morgan fingerprint density at radius 1 is 1.18 bits per heavy atom. The molecule has 8 heteroatoms. The molecule has 2 heterocycles. The number of hydrogen-bond acceptors (Lipinski definition) is 5. The van der Waals surface area contributed by atoms with Gasteiger partial charge in [-0.25, -0.2) is 0 Å². The van der Waals surface area contributed by atoms with Crippen LogP contribution >= 0.6 is 0 Å². The number of carbonyl (C=O) groups is 1. The predicted octanol–water partition coefficient (Wildman–Crippen LogP) is 0.258. The Morgan fingerprint density at radius 2 is 1.93 bits per heavy atom. The molecule has 1 amide bonds. The van der Waals surface area contributed by atoms with Gasteiger partial charge in [0, 0.05) is 59.1 Å². The minimum absolute atomic E-state index is 0.0269. The Labute approximate surface area is 167 Å². The Kier molecular flexibility index (Phi) is 7.50. The molecule has 0 spiro atoms. The van der Waals surface area contributed by atoms with E-state index in [4.69, 9.17) is 9.47 Å². The van der Waals surface area contributed by atoms with E-state index >= 15 is 0 Å². The Bertz CT molecular complexity index is 645. The van der Waals surface area contributed by atoms with Gasteiger partial charge in [0.25, 0.3) is 0 Å². The minimum Gasteiger partial charge on any atom is -0.382 e. The molecule has 0 aliphatic carbocycles. The van der Waals surface area contributed by atoms with Gasteiger partial charge >= 0.3 is 0 Å². The van der Waals surface area contributed by atoms with E-state index in [1.807, 2.05) is 23.1 Å². The summed E-state index contributed by atoms with van der Waals surface area (Å²) in [7, 11) is 3.41. The summed E-state index contributed by atoms with van der Waals surface area (Å²) < 4.78 is 10.9. The number of para-hydroxylation sites is 1. The fourth-order valence-corrected chi connectivity index (χ4v) is 3.65. The van der Waals surface area contributed by atoms with Crippen LogP contribution in [0.4, 0.5) is 5.69 Å². The van der Waals surface area contributed by atoms with Crippen molar-refractivity contribution in [2.45, 2.75) is 6.10 Å². The zero-order chi connectivity index (χ0) is 19.8. The van der Waals surface area contributed by atoms with E-state index < -0.39 is 0 Å². The molecule has 28 heavy (non-hydrogen) atoms. The van der Waals surface area contributed by atoms with E-state index in [1.165, 1.54) is 5.69 Å². The van der Waals surface area contributed by atoms with Crippen molar-refractivity contribution in [1.82, 2.24) is 15.1 Å². The van der Waals surface area contributed by atoms with Crippen LogP contribution in [0.5, 0.6) is 0 Å². The van der Waals surface area contributed by atoms with E-state index in [0.717, 1.165) is 38.7 Å². The lowest BCUT2D eigenvalue weighted by Gasteiger charge is -2.37. The molecule has 1 atom stereocenters. The molecule has 1 aromatic rings. The number of morpholine rings is 1. The zero-order valence-corrected chi connectivity index (χ0v) is 16.8. The highest BCUT2D eigenvalue weighted by molar-refractivity contribution is 5.86. The third-order valence-electron chi connectivity index (χ3n) is 5.15. The molecular weight excluding hydrogens is 358 g/mol. The van der Waals surface area contributed by atoms with Crippen LogP contribution in [0.25, 0.3) is 0 Å². The second-order valence-corrected chi connectivity index (χ2v) is 7.00. The van der Waals surface area contributed by atoms with E-state index in [0.29, 0.717) is 19.8 Å². The first-order valence-electron chi connectivity index (χ1n) is 9.85. The summed E-state index contributed by atoms with van der Waals surface area (Å²) in [6.45, 7) is 6.08. The third kappa shape index (κ3) is 5.36. The number of piperazine rings is 1. The molecule has 1 unspecified atom stereocenters. The molecule has 0 aromatic heterocycles. The van der Waals surface area contributed by atoms with Crippen molar-refractivity contribution in [2.75, 3.05) is 78.1 Å². The largest absolute Gasteiger partial charge is 0.382 e. The van der Waals surface area contributed by atoms with Crippen LogP contribution in [-0.2, 0) is 14.3 Å². The molecule has 154 valence electrons. The van der Waals surface area contributed by atoms with Crippen molar-refractivity contribution in [3.63, 3.8) is 0 Å².